The monoisotopic (exact) mass is 612 g/mol. The van der Waals surface area contributed by atoms with E-state index < -0.39 is 0 Å². The first-order valence-corrected chi connectivity index (χ1v) is 13.8. The zero-order chi connectivity index (χ0) is 29.2. The quantitative estimate of drug-likeness (QED) is 0.216. The summed E-state index contributed by atoms with van der Waals surface area (Å²) in [5.74, 6) is 3.96. The molecule has 41 heavy (non-hydrogen) atoms. The summed E-state index contributed by atoms with van der Waals surface area (Å²) in [6, 6.07) is 10.7. The molecule has 6 aromatic heterocycles. The van der Waals surface area contributed by atoms with Crippen molar-refractivity contribution in [3.63, 3.8) is 0 Å². The lowest BCUT2D eigenvalue weighted by Gasteiger charge is -2.09. The van der Waals surface area contributed by atoms with E-state index in [0.717, 1.165) is 20.4 Å². The number of fused-ring (bicyclic) bond motifs is 2. The molecular weight excluding hydrogens is 588 g/mol. The summed E-state index contributed by atoms with van der Waals surface area (Å²) >= 11 is 8.89. The van der Waals surface area contributed by atoms with Crippen LogP contribution >= 0.6 is 34.3 Å². The van der Waals surface area contributed by atoms with Crippen molar-refractivity contribution in [3.8, 4) is 23.3 Å². The van der Waals surface area contributed by atoms with Crippen LogP contribution in [0.3, 0.4) is 0 Å². The topological polar surface area (TPSA) is 152 Å². The summed E-state index contributed by atoms with van der Waals surface area (Å²) in [6.07, 6.45) is 2.99. The molecule has 0 spiro atoms. The summed E-state index contributed by atoms with van der Waals surface area (Å²) in [4.78, 5) is 24.5. The number of hydrogen-bond donors (Lipinski definition) is 2. The molecule has 0 bridgehead atoms. The molecule has 0 aliphatic heterocycles. The van der Waals surface area contributed by atoms with E-state index in [9.17, 15) is 0 Å². The van der Waals surface area contributed by atoms with E-state index in [2.05, 4.69) is 35.2 Å². The third-order valence-corrected chi connectivity index (χ3v) is 7.37. The highest BCUT2D eigenvalue weighted by atomic mass is 35.5. The lowest BCUT2D eigenvalue weighted by atomic mass is 10.4. The average Bonchev–Trinajstić information content (AvgIpc) is 3.68. The maximum absolute atomic E-state index is 5.76. The van der Waals surface area contributed by atoms with Gasteiger partial charge in [-0.05, 0) is 22.9 Å². The minimum absolute atomic E-state index is 0.390. The van der Waals surface area contributed by atoms with Gasteiger partial charge in [0.1, 0.15) is 40.9 Å². The van der Waals surface area contributed by atoms with Crippen molar-refractivity contribution < 1.29 is 18.9 Å². The number of thiophene rings is 2. The van der Waals surface area contributed by atoms with Gasteiger partial charge >= 0.3 is 0 Å². The van der Waals surface area contributed by atoms with Crippen LogP contribution in [-0.4, -0.2) is 58.3 Å². The van der Waals surface area contributed by atoms with Crippen LogP contribution in [0.25, 0.3) is 20.4 Å². The van der Waals surface area contributed by atoms with Gasteiger partial charge in [0.05, 0.1) is 48.9 Å². The lowest BCUT2D eigenvalue weighted by molar-refractivity contribution is 0.383. The second-order valence-corrected chi connectivity index (χ2v) is 9.88. The summed E-state index contributed by atoms with van der Waals surface area (Å²) < 4.78 is 22.1. The van der Waals surface area contributed by atoms with E-state index in [1.165, 1.54) is 19.8 Å². The highest BCUT2D eigenvalue weighted by Crippen LogP contribution is 2.29. The first kappa shape index (κ1) is 29.5. The molecule has 0 aromatic carbocycles. The van der Waals surface area contributed by atoms with Gasteiger partial charge in [0.25, 0.3) is 0 Å². The third kappa shape index (κ3) is 7.78. The molecule has 0 unspecified atom stereocenters. The summed E-state index contributed by atoms with van der Waals surface area (Å²) in [7, 11) is 6.25. The van der Waals surface area contributed by atoms with E-state index >= 15 is 0 Å². The van der Waals surface area contributed by atoms with Gasteiger partial charge in [0, 0.05) is 24.3 Å². The Morgan fingerprint density at radius 1 is 0.707 bits per heavy atom. The van der Waals surface area contributed by atoms with E-state index in [1.54, 1.807) is 68.3 Å². The molecule has 0 atom stereocenters. The van der Waals surface area contributed by atoms with E-state index in [4.69, 9.17) is 36.3 Å². The lowest BCUT2D eigenvalue weighted by Crippen LogP contribution is -1.99. The fourth-order valence-corrected chi connectivity index (χ4v) is 5.04. The highest BCUT2D eigenvalue weighted by molar-refractivity contribution is 7.18. The van der Waals surface area contributed by atoms with Gasteiger partial charge in [-0.2, -0.15) is 9.97 Å². The molecule has 0 saturated carbocycles. The summed E-state index contributed by atoms with van der Waals surface area (Å²) in [6.45, 7) is 0. The number of methoxy groups -OCH3 is 4. The van der Waals surface area contributed by atoms with E-state index in [-0.39, 0.29) is 0 Å². The Morgan fingerprint density at radius 3 is 1.93 bits per heavy atom. The third-order valence-electron chi connectivity index (χ3n) is 5.15. The molecular formula is C26H25ClN8O4S2. The fourth-order valence-electron chi connectivity index (χ4n) is 3.25. The normalized spacial score (nSPS) is 10.2. The van der Waals surface area contributed by atoms with Crippen molar-refractivity contribution >= 4 is 72.2 Å². The SMILES string of the molecule is COc1cc(N)nc(OC)c1.COc1cc(Nc2ncnc3ccsc23)nc(OC)c1.Clc1ncnc2ccsc12. The first-order valence-electron chi connectivity index (χ1n) is 11.7. The molecule has 0 saturated heterocycles. The van der Waals surface area contributed by atoms with Crippen LogP contribution < -0.4 is 30.0 Å². The Balaban J connectivity index is 0.000000156. The summed E-state index contributed by atoms with van der Waals surface area (Å²) in [5, 5.41) is 7.64. The molecule has 3 N–H and O–H groups in total. The Hall–Kier alpha value is -4.53. The van der Waals surface area contributed by atoms with Crippen LogP contribution in [0.4, 0.5) is 17.5 Å². The zero-order valence-corrected chi connectivity index (χ0v) is 24.8. The predicted octanol–water partition coefficient (Wildman–Crippen LogP) is 5.87. The van der Waals surface area contributed by atoms with Crippen LogP contribution in [0.5, 0.6) is 23.3 Å². The minimum atomic E-state index is 0.390. The van der Waals surface area contributed by atoms with Crippen molar-refractivity contribution in [2.24, 2.45) is 0 Å². The molecule has 0 amide bonds. The molecule has 12 nitrogen and oxygen atoms in total. The van der Waals surface area contributed by atoms with Gasteiger partial charge in [0.2, 0.25) is 11.8 Å². The van der Waals surface area contributed by atoms with Crippen LogP contribution in [0, 0.1) is 0 Å². The van der Waals surface area contributed by atoms with E-state index in [0.29, 0.717) is 45.9 Å². The number of anilines is 3. The zero-order valence-electron chi connectivity index (χ0n) is 22.4. The van der Waals surface area contributed by atoms with Crippen LogP contribution in [0.2, 0.25) is 5.15 Å². The van der Waals surface area contributed by atoms with Gasteiger partial charge in [-0.25, -0.2) is 19.9 Å². The number of pyridine rings is 2. The molecule has 6 heterocycles. The Bertz CT molecular complexity index is 1690. The molecule has 6 aromatic rings. The largest absolute Gasteiger partial charge is 0.496 e. The Labute approximate surface area is 248 Å². The number of nitrogens with two attached hydrogens (primary N) is 1. The molecule has 0 aliphatic rings. The number of halogens is 1. The number of aromatic nitrogens is 6. The molecule has 15 heteroatoms. The van der Waals surface area contributed by atoms with Crippen molar-refractivity contribution in [1.29, 1.82) is 0 Å². The maximum Gasteiger partial charge on any atom is 0.218 e. The second kappa shape index (κ2) is 14.2. The fraction of sp³-hybridized carbons (Fsp3) is 0.154. The van der Waals surface area contributed by atoms with Crippen molar-refractivity contribution in [2.75, 3.05) is 39.5 Å². The molecule has 0 aliphatic carbocycles. The van der Waals surface area contributed by atoms with Gasteiger partial charge in [0.15, 0.2) is 5.82 Å². The Morgan fingerprint density at radius 2 is 1.29 bits per heavy atom. The molecule has 212 valence electrons. The number of nitrogens with zero attached hydrogens (tertiary/aromatic N) is 6. The predicted molar refractivity (Wildman–Crippen MR) is 162 cm³/mol. The van der Waals surface area contributed by atoms with E-state index in [1.807, 2.05) is 22.9 Å². The number of ether oxygens (including phenoxy) is 4. The second-order valence-electron chi connectivity index (χ2n) is 7.69. The Kier molecular flexibility index (Phi) is 10.2. The number of nitrogens with one attached hydrogen (secondary N) is 1. The highest BCUT2D eigenvalue weighted by Gasteiger charge is 2.08. The average molecular weight is 613 g/mol. The number of nitrogen functional groups attached to an aromatic ring is 1. The van der Waals surface area contributed by atoms with Gasteiger partial charge in [-0.1, -0.05) is 11.6 Å². The standard InChI is InChI=1S/C13H12N4O2S.C7H10N2O2.C6H3ClN2S/c1-18-8-5-10(16-11(6-8)19-2)17-13-12-9(3-4-20-12)14-7-15-13;1-10-5-3-6(8)9-7(4-5)11-2;7-6-5-4(1-2-10-5)8-3-9-6/h3-7H,1-2H3,(H,14,15,16,17);3-4H,1-2H3,(H2,8,9);1-3H. The first-order chi connectivity index (χ1) is 19.9. The van der Waals surface area contributed by atoms with Gasteiger partial charge < -0.3 is 30.0 Å². The van der Waals surface area contributed by atoms with Crippen molar-refractivity contribution in [2.45, 2.75) is 0 Å². The number of hydrogen-bond acceptors (Lipinski definition) is 14. The van der Waals surface area contributed by atoms with Crippen LogP contribution in [0.15, 0.2) is 59.8 Å². The minimum Gasteiger partial charge on any atom is -0.496 e. The molecule has 0 fully saturated rings. The molecule has 0 radical (unpaired) electrons. The molecule has 6 rings (SSSR count). The smallest absolute Gasteiger partial charge is 0.218 e. The summed E-state index contributed by atoms with van der Waals surface area (Å²) in [5.41, 5.74) is 7.27. The van der Waals surface area contributed by atoms with Crippen molar-refractivity contribution in [3.05, 3.63) is 65.0 Å². The maximum atomic E-state index is 5.76. The number of rotatable bonds is 6. The van der Waals surface area contributed by atoms with Crippen molar-refractivity contribution in [1.82, 2.24) is 29.9 Å². The van der Waals surface area contributed by atoms with Gasteiger partial charge in [-0.3, -0.25) is 0 Å². The van der Waals surface area contributed by atoms with Crippen LogP contribution in [-0.2, 0) is 0 Å². The van der Waals surface area contributed by atoms with Crippen LogP contribution in [0.1, 0.15) is 0 Å². The van der Waals surface area contributed by atoms with Gasteiger partial charge in [-0.15, -0.1) is 22.7 Å².